The van der Waals surface area contributed by atoms with E-state index in [2.05, 4.69) is 13.0 Å². The van der Waals surface area contributed by atoms with Gasteiger partial charge in [0, 0.05) is 15.4 Å². The summed E-state index contributed by atoms with van der Waals surface area (Å²) in [4.78, 5) is 13.9. The Morgan fingerprint density at radius 3 is 2.42 bits per heavy atom. The molecule has 26 heavy (non-hydrogen) atoms. The van der Waals surface area contributed by atoms with Crippen LogP contribution < -0.4 is 0 Å². The Labute approximate surface area is 163 Å². The van der Waals surface area contributed by atoms with Gasteiger partial charge in [0.1, 0.15) is 5.75 Å². The van der Waals surface area contributed by atoms with E-state index in [0.29, 0.717) is 11.1 Å². The van der Waals surface area contributed by atoms with Gasteiger partial charge in [0.25, 0.3) is 0 Å². The zero-order valence-corrected chi connectivity index (χ0v) is 16.8. The molecule has 0 radical (unpaired) electrons. The number of nitrogens with zero attached hydrogens (tertiary/aromatic N) is 1. The van der Waals surface area contributed by atoms with Crippen molar-refractivity contribution in [1.82, 2.24) is 0 Å². The summed E-state index contributed by atoms with van der Waals surface area (Å²) in [5.74, 6) is 2.00. The second-order valence-corrected chi connectivity index (χ2v) is 8.24. The van der Waals surface area contributed by atoms with Crippen LogP contribution in [0.4, 0.5) is 0 Å². The first-order valence-corrected chi connectivity index (χ1v) is 10.7. The number of carbonyl (C=O) groups excluding carboxylic acids is 1. The number of Topliss-reactive ketones (excluding diaryl/α,β-unsaturated/α-hetero) is 1. The summed E-state index contributed by atoms with van der Waals surface area (Å²) in [6.45, 7) is 3.56. The number of aromatic hydroxyl groups is 1. The Kier molecular flexibility index (Phi) is 8.08. The van der Waals surface area contributed by atoms with Gasteiger partial charge in [0.15, 0.2) is 5.78 Å². The normalized spacial score (nSPS) is 10.5. The van der Waals surface area contributed by atoms with Crippen LogP contribution in [0.25, 0.3) is 0 Å². The molecule has 0 atom stereocenters. The predicted octanol–water partition coefficient (Wildman–Crippen LogP) is 5.69. The third-order valence-corrected chi connectivity index (χ3v) is 6.20. The van der Waals surface area contributed by atoms with Crippen LogP contribution in [0.1, 0.15) is 48.2 Å². The highest BCUT2D eigenvalue weighted by molar-refractivity contribution is 8.00. The first-order chi connectivity index (χ1) is 12.6. The first kappa shape index (κ1) is 20.4. The highest BCUT2D eigenvalue weighted by atomic mass is 32.2. The van der Waals surface area contributed by atoms with E-state index < -0.39 is 0 Å². The fourth-order valence-electron chi connectivity index (χ4n) is 2.59. The fraction of sp³-hybridized carbons (Fsp3) is 0.333. The van der Waals surface area contributed by atoms with E-state index in [0.717, 1.165) is 41.2 Å². The Hall–Kier alpha value is -1.90. The van der Waals surface area contributed by atoms with Gasteiger partial charge in [-0.1, -0.05) is 13.3 Å². The summed E-state index contributed by atoms with van der Waals surface area (Å²) in [6, 6.07) is 13.5. The molecule has 0 aliphatic rings. The maximum atomic E-state index is 11.6. The van der Waals surface area contributed by atoms with Gasteiger partial charge in [0.05, 0.1) is 17.2 Å². The third-order valence-electron chi connectivity index (χ3n) is 3.92. The van der Waals surface area contributed by atoms with Crippen molar-refractivity contribution < 1.29 is 9.90 Å². The smallest absolute Gasteiger partial charge is 0.163 e. The van der Waals surface area contributed by atoms with Crippen molar-refractivity contribution in [3.63, 3.8) is 0 Å². The van der Waals surface area contributed by atoms with E-state index >= 15 is 0 Å². The highest BCUT2D eigenvalue weighted by Gasteiger charge is 2.15. The van der Waals surface area contributed by atoms with E-state index in [1.807, 2.05) is 30.3 Å². The van der Waals surface area contributed by atoms with Crippen LogP contribution in [0.15, 0.2) is 46.2 Å². The largest absolute Gasteiger partial charge is 0.507 e. The van der Waals surface area contributed by atoms with Gasteiger partial charge in [-0.15, -0.1) is 23.5 Å². The van der Waals surface area contributed by atoms with E-state index in [1.165, 1.54) is 11.8 Å². The summed E-state index contributed by atoms with van der Waals surface area (Å²) >= 11 is 3.52. The zero-order chi connectivity index (χ0) is 18.9. The predicted molar refractivity (Wildman–Crippen MR) is 109 cm³/mol. The molecule has 0 fully saturated rings. The number of hydrogen-bond acceptors (Lipinski definition) is 5. The minimum absolute atomic E-state index is 0.102. The van der Waals surface area contributed by atoms with E-state index in [4.69, 9.17) is 5.26 Å². The SMILES string of the molecule is CCCc1c(SCCCSc2ccc(C#N)cc2)ccc(C(C)=O)c1O. The Balaban J connectivity index is 1.89. The molecule has 0 saturated heterocycles. The number of ketones is 1. The number of phenols is 1. The Morgan fingerprint density at radius 1 is 1.12 bits per heavy atom. The van der Waals surface area contributed by atoms with Gasteiger partial charge in [-0.25, -0.2) is 0 Å². The molecule has 3 nitrogen and oxygen atoms in total. The lowest BCUT2D eigenvalue weighted by Crippen LogP contribution is -1.98. The quantitative estimate of drug-likeness (QED) is 0.341. The van der Waals surface area contributed by atoms with E-state index in [9.17, 15) is 9.90 Å². The minimum Gasteiger partial charge on any atom is -0.507 e. The van der Waals surface area contributed by atoms with Crippen LogP contribution in [0.5, 0.6) is 5.75 Å². The average Bonchev–Trinajstić information content (AvgIpc) is 2.64. The van der Waals surface area contributed by atoms with Gasteiger partial charge in [-0.05, 0) is 67.7 Å². The number of phenolic OH excluding ortho intramolecular Hbond substituents is 1. The summed E-state index contributed by atoms with van der Waals surface area (Å²) in [6.07, 6.45) is 2.74. The van der Waals surface area contributed by atoms with Crippen LogP contribution in [0.2, 0.25) is 0 Å². The molecule has 0 spiro atoms. The monoisotopic (exact) mass is 385 g/mol. The van der Waals surface area contributed by atoms with Crippen molar-refractivity contribution >= 4 is 29.3 Å². The van der Waals surface area contributed by atoms with Crippen LogP contribution >= 0.6 is 23.5 Å². The second-order valence-electron chi connectivity index (χ2n) is 5.93. The molecule has 0 bridgehead atoms. The maximum Gasteiger partial charge on any atom is 0.163 e. The molecule has 0 saturated carbocycles. The molecule has 0 heterocycles. The zero-order valence-electron chi connectivity index (χ0n) is 15.1. The Bertz CT molecular complexity index is 795. The standard InChI is InChI=1S/C21H23NO2S2/c1-3-5-19-20(11-10-18(15(2)23)21(19)24)26-13-4-12-25-17-8-6-16(14-22)7-9-17/h6-11,24H,3-5,12-13H2,1-2H3. The molecular formula is C21H23NO2S2. The number of hydrogen-bond donors (Lipinski definition) is 1. The summed E-state index contributed by atoms with van der Waals surface area (Å²) < 4.78 is 0. The van der Waals surface area contributed by atoms with Crippen molar-refractivity contribution in [2.45, 2.75) is 42.9 Å². The molecule has 5 heteroatoms. The number of benzene rings is 2. The highest BCUT2D eigenvalue weighted by Crippen LogP contribution is 2.34. The average molecular weight is 386 g/mol. The molecule has 2 aromatic rings. The third kappa shape index (κ3) is 5.55. The molecule has 0 amide bonds. The molecule has 0 aromatic heterocycles. The summed E-state index contributed by atoms with van der Waals surface area (Å²) in [5.41, 5.74) is 1.99. The number of carbonyl (C=O) groups is 1. The van der Waals surface area contributed by atoms with Gasteiger partial charge in [0.2, 0.25) is 0 Å². The van der Waals surface area contributed by atoms with Crippen molar-refractivity contribution in [3.05, 3.63) is 53.1 Å². The topological polar surface area (TPSA) is 61.1 Å². The molecule has 0 unspecified atom stereocenters. The van der Waals surface area contributed by atoms with Crippen molar-refractivity contribution in [3.8, 4) is 11.8 Å². The first-order valence-electron chi connectivity index (χ1n) is 8.68. The lowest BCUT2D eigenvalue weighted by atomic mass is 10.0. The van der Waals surface area contributed by atoms with Crippen LogP contribution in [-0.2, 0) is 6.42 Å². The summed E-state index contributed by atoms with van der Waals surface area (Å²) in [5, 5.41) is 19.2. The van der Waals surface area contributed by atoms with E-state index in [1.54, 1.807) is 29.6 Å². The molecular weight excluding hydrogens is 362 g/mol. The van der Waals surface area contributed by atoms with Gasteiger partial charge in [-0.2, -0.15) is 5.26 Å². The number of thioether (sulfide) groups is 2. The van der Waals surface area contributed by atoms with Crippen LogP contribution in [-0.4, -0.2) is 22.4 Å². The fourth-order valence-corrected chi connectivity index (χ4v) is 4.67. The van der Waals surface area contributed by atoms with Gasteiger partial charge < -0.3 is 5.11 Å². The molecule has 2 rings (SSSR count). The van der Waals surface area contributed by atoms with Gasteiger partial charge in [-0.3, -0.25) is 4.79 Å². The molecule has 0 aliphatic carbocycles. The van der Waals surface area contributed by atoms with Crippen molar-refractivity contribution in [2.75, 3.05) is 11.5 Å². The number of nitriles is 1. The van der Waals surface area contributed by atoms with Crippen LogP contribution in [0, 0.1) is 11.3 Å². The molecule has 2 aromatic carbocycles. The molecule has 136 valence electrons. The lowest BCUT2D eigenvalue weighted by molar-refractivity contribution is 0.101. The molecule has 0 aliphatic heterocycles. The maximum absolute atomic E-state index is 11.6. The Morgan fingerprint density at radius 2 is 1.81 bits per heavy atom. The summed E-state index contributed by atoms with van der Waals surface area (Å²) in [7, 11) is 0. The minimum atomic E-state index is -0.102. The van der Waals surface area contributed by atoms with E-state index in [-0.39, 0.29) is 11.5 Å². The van der Waals surface area contributed by atoms with Gasteiger partial charge >= 0.3 is 0 Å². The van der Waals surface area contributed by atoms with Crippen LogP contribution in [0.3, 0.4) is 0 Å². The van der Waals surface area contributed by atoms with Crippen molar-refractivity contribution in [2.24, 2.45) is 0 Å². The second kappa shape index (κ2) is 10.3. The lowest BCUT2D eigenvalue weighted by Gasteiger charge is -2.13. The number of rotatable bonds is 9. The molecule has 1 N–H and O–H groups in total. The van der Waals surface area contributed by atoms with Crippen molar-refractivity contribution in [1.29, 1.82) is 5.26 Å².